The molecule has 1 aliphatic rings. The van der Waals surface area contributed by atoms with Crippen molar-refractivity contribution in [2.75, 3.05) is 0 Å². The molecule has 33 heavy (non-hydrogen) atoms. The number of nitrogens with zero attached hydrogens (tertiary/aromatic N) is 5. The molecule has 9 heteroatoms. The Morgan fingerprint density at radius 1 is 1.03 bits per heavy atom. The van der Waals surface area contributed by atoms with Crippen molar-refractivity contribution in [3.63, 3.8) is 0 Å². The summed E-state index contributed by atoms with van der Waals surface area (Å²) in [6, 6.07) is 20.0. The highest BCUT2D eigenvalue weighted by atomic mass is 32.1. The summed E-state index contributed by atoms with van der Waals surface area (Å²) in [7, 11) is 0. The molecule has 8 nitrogen and oxygen atoms in total. The molecule has 0 saturated carbocycles. The third-order valence-corrected chi connectivity index (χ3v) is 6.05. The normalized spacial score (nSPS) is 17.7. The zero-order valence-electron chi connectivity index (χ0n) is 17.5. The van der Waals surface area contributed by atoms with Crippen LogP contribution in [0.15, 0.2) is 91.5 Å². The number of thiocarbonyl (C=S) groups is 1. The van der Waals surface area contributed by atoms with E-state index in [0.717, 1.165) is 17.0 Å². The van der Waals surface area contributed by atoms with Crippen molar-refractivity contribution in [1.29, 1.82) is 0 Å². The minimum absolute atomic E-state index is 0.0436. The lowest BCUT2D eigenvalue weighted by Gasteiger charge is -2.29. The molecule has 2 atom stereocenters. The summed E-state index contributed by atoms with van der Waals surface area (Å²) >= 11 is 5.76. The number of nitro benzene ring substituents is 1. The van der Waals surface area contributed by atoms with Gasteiger partial charge in [-0.15, -0.1) is 0 Å². The number of aromatic nitrogens is 3. The molecule has 4 heterocycles. The van der Waals surface area contributed by atoms with Gasteiger partial charge in [0.25, 0.3) is 5.69 Å². The Labute approximate surface area is 195 Å². The lowest BCUT2D eigenvalue weighted by atomic mass is 10.0. The zero-order chi connectivity index (χ0) is 22.8. The van der Waals surface area contributed by atoms with E-state index < -0.39 is 0 Å². The predicted octanol–water partition coefficient (Wildman–Crippen LogP) is 4.35. The lowest BCUT2D eigenvalue weighted by molar-refractivity contribution is -0.384. The second-order valence-corrected chi connectivity index (χ2v) is 8.08. The second kappa shape index (κ2) is 8.79. The van der Waals surface area contributed by atoms with Crippen molar-refractivity contribution < 1.29 is 4.92 Å². The molecular formula is C24H20N6O2S. The lowest BCUT2D eigenvalue weighted by Crippen LogP contribution is -2.30. The van der Waals surface area contributed by atoms with E-state index in [1.165, 1.54) is 6.07 Å². The summed E-state index contributed by atoms with van der Waals surface area (Å²) in [5, 5.41) is 15.4. The van der Waals surface area contributed by atoms with Crippen molar-refractivity contribution >= 4 is 23.0 Å². The van der Waals surface area contributed by atoms with Gasteiger partial charge in [0.15, 0.2) is 5.11 Å². The van der Waals surface area contributed by atoms with E-state index >= 15 is 0 Å². The molecule has 1 fully saturated rings. The highest BCUT2D eigenvalue weighted by molar-refractivity contribution is 7.80. The summed E-state index contributed by atoms with van der Waals surface area (Å²) < 4.78 is 1.97. The highest BCUT2D eigenvalue weighted by Crippen LogP contribution is 2.40. The first-order valence-electron chi connectivity index (χ1n) is 10.4. The fourth-order valence-electron chi connectivity index (χ4n) is 4.21. The van der Waals surface area contributed by atoms with E-state index in [2.05, 4.69) is 20.2 Å². The summed E-state index contributed by atoms with van der Waals surface area (Å²) in [6.45, 7) is 0.586. The monoisotopic (exact) mass is 456 g/mol. The molecule has 0 amide bonds. The molecule has 4 aromatic rings. The van der Waals surface area contributed by atoms with Crippen LogP contribution in [0.3, 0.4) is 0 Å². The van der Waals surface area contributed by atoms with Crippen LogP contribution < -0.4 is 5.32 Å². The van der Waals surface area contributed by atoms with Gasteiger partial charge < -0.3 is 14.8 Å². The van der Waals surface area contributed by atoms with Gasteiger partial charge in [-0.2, -0.15) is 0 Å². The second-order valence-electron chi connectivity index (χ2n) is 7.69. The summed E-state index contributed by atoms with van der Waals surface area (Å²) in [5.74, 6) is 0. The Morgan fingerprint density at radius 2 is 1.88 bits per heavy atom. The quantitative estimate of drug-likeness (QED) is 0.262. The molecule has 1 saturated heterocycles. The standard InChI is InChI=1S/C24H20N6O2S/c31-30(32)19-6-3-5-18(15-19)28-14-4-8-21(28)23-22(20-7-1-2-11-26-20)27-24(33)29(23)16-17-9-12-25-13-10-17/h1-15,22-23H,16H2,(H,27,33)/t22-,23+/m1/s1. The Morgan fingerprint density at radius 3 is 2.64 bits per heavy atom. The molecule has 1 N–H and O–H groups in total. The van der Waals surface area contributed by atoms with Gasteiger partial charge in [0.2, 0.25) is 0 Å². The van der Waals surface area contributed by atoms with Crippen LogP contribution in [0.5, 0.6) is 0 Å². The molecule has 5 rings (SSSR count). The summed E-state index contributed by atoms with van der Waals surface area (Å²) in [4.78, 5) is 21.8. The number of nitro groups is 1. The maximum atomic E-state index is 11.3. The third kappa shape index (κ3) is 4.06. The number of nitrogens with one attached hydrogen (secondary N) is 1. The molecule has 0 spiro atoms. The predicted molar refractivity (Wildman–Crippen MR) is 128 cm³/mol. The molecule has 0 radical (unpaired) electrons. The number of rotatable bonds is 6. The van der Waals surface area contributed by atoms with Crippen LogP contribution >= 0.6 is 12.2 Å². The summed E-state index contributed by atoms with van der Waals surface area (Å²) in [5.41, 5.74) is 3.66. The van der Waals surface area contributed by atoms with Crippen LogP contribution in [0.1, 0.15) is 29.0 Å². The molecule has 3 aromatic heterocycles. The fourth-order valence-corrected chi connectivity index (χ4v) is 4.51. The van der Waals surface area contributed by atoms with Crippen LogP contribution in [0.2, 0.25) is 0 Å². The maximum Gasteiger partial charge on any atom is 0.271 e. The Hall–Kier alpha value is -4.11. The number of benzene rings is 1. The molecule has 1 aliphatic heterocycles. The van der Waals surface area contributed by atoms with Gasteiger partial charge in [0.1, 0.15) is 0 Å². The first-order valence-corrected chi connectivity index (χ1v) is 10.8. The zero-order valence-corrected chi connectivity index (χ0v) is 18.3. The van der Waals surface area contributed by atoms with Crippen molar-refractivity contribution in [2.45, 2.75) is 18.6 Å². The van der Waals surface area contributed by atoms with Crippen LogP contribution in [0, 0.1) is 10.1 Å². The van der Waals surface area contributed by atoms with Gasteiger partial charge in [-0.1, -0.05) is 12.1 Å². The van der Waals surface area contributed by atoms with Crippen LogP contribution in [-0.4, -0.2) is 29.5 Å². The average Bonchev–Trinajstić information content (AvgIpc) is 3.45. The van der Waals surface area contributed by atoms with E-state index in [1.54, 1.807) is 30.7 Å². The van der Waals surface area contributed by atoms with Crippen molar-refractivity contribution in [3.05, 3.63) is 119 Å². The van der Waals surface area contributed by atoms with Crippen molar-refractivity contribution in [1.82, 2.24) is 24.8 Å². The fraction of sp³-hybridized carbons (Fsp3) is 0.125. The first-order chi connectivity index (χ1) is 16.1. The van der Waals surface area contributed by atoms with Gasteiger partial charge in [0.05, 0.1) is 28.4 Å². The van der Waals surface area contributed by atoms with E-state index in [4.69, 9.17) is 12.2 Å². The molecular weight excluding hydrogens is 436 g/mol. The first kappa shape index (κ1) is 20.8. The molecule has 0 unspecified atom stereocenters. The van der Waals surface area contributed by atoms with Crippen molar-refractivity contribution in [2.24, 2.45) is 0 Å². The highest BCUT2D eigenvalue weighted by Gasteiger charge is 2.41. The van der Waals surface area contributed by atoms with Gasteiger partial charge in [0, 0.05) is 49.2 Å². The molecule has 164 valence electrons. The summed E-state index contributed by atoms with van der Waals surface area (Å²) in [6.07, 6.45) is 7.20. The number of hydrogen-bond acceptors (Lipinski definition) is 5. The topological polar surface area (TPSA) is 89.1 Å². The molecule has 1 aromatic carbocycles. The number of non-ortho nitro benzene ring substituents is 1. The van der Waals surface area contributed by atoms with Crippen LogP contribution in [-0.2, 0) is 6.54 Å². The van der Waals surface area contributed by atoms with Gasteiger partial charge >= 0.3 is 0 Å². The minimum Gasteiger partial charge on any atom is -0.352 e. The Kier molecular flexibility index (Phi) is 5.54. The number of pyridine rings is 2. The van der Waals surface area contributed by atoms with Crippen molar-refractivity contribution in [3.8, 4) is 5.69 Å². The van der Waals surface area contributed by atoms with E-state index in [0.29, 0.717) is 17.3 Å². The third-order valence-electron chi connectivity index (χ3n) is 5.70. The minimum atomic E-state index is -0.384. The van der Waals surface area contributed by atoms with E-state index in [9.17, 15) is 10.1 Å². The largest absolute Gasteiger partial charge is 0.352 e. The van der Waals surface area contributed by atoms with E-state index in [-0.39, 0.29) is 22.7 Å². The van der Waals surface area contributed by atoms with E-state index in [1.807, 2.05) is 59.3 Å². The maximum absolute atomic E-state index is 11.3. The van der Waals surface area contributed by atoms with Crippen LogP contribution in [0.25, 0.3) is 5.69 Å². The Bertz CT molecular complexity index is 1290. The average molecular weight is 457 g/mol. The van der Waals surface area contributed by atoms with Gasteiger partial charge in [-0.05, 0) is 60.2 Å². The smallest absolute Gasteiger partial charge is 0.271 e. The molecule has 0 bridgehead atoms. The molecule has 0 aliphatic carbocycles. The Balaban J connectivity index is 1.61. The number of hydrogen-bond donors (Lipinski definition) is 1. The van der Waals surface area contributed by atoms with Gasteiger partial charge in [-0.3, -0.25) is 20.1 Å². The SMILES string of the molecule is O=[N+]([O-])c1cccc(-n2cccc2[C@H]2[C@@H](c3ccccn3)NC(=S)N2Cc2ccncc2)c1. The van der Waals surface area contributed by atoms with Crippen LogP contribution in [0.4, 0.5) is 5.69 Å². The van der Waals surface area contributed by atoms with Gasteiger partial charge in [-0.25, -0.2) is 0 Å².